The molecule has 0 fully saturated rings. The second-order valence-electron chi connectivity index (χ2n) is 3.15. The molecule has 4 heteroatoms. The van der Waals surface area contributed by atoms with E-state index in [1.807, 2.05) is 6.07 Å². The third-order valence-corrected chi connectivity index (χ3v) is 2.77. The van der Waals surface area contributed by atoms with E-state index in [0.29, 0.717) is 6.61 Å². The van der Waals surface area contributed by atoms with Crippen molar-refractivity contribution in [1.29, 1.82) is 0 Å². The van der Waals surface area contributed by atoms with Gasteiger partial charge in [-0.05, 0) is 24.4 Å². The monoisotopic (exact) mass is 215 g/mol. The minimum atomic E-state index is -0.351. The molecule has 0 aliphatic carbocycles. The van der Waals surface area contributed by atoms with Crippen LogP contribution in [0, 0.1) is 0 Å². The number of hydrogen-bond acceptors (Lipinski definition) is 4. The van der Waals surface area contributed by atoms with Crippen molar-refractivity contribution in [2.45, 2.75) is 19.1 Å². The van der Waals surface area contributed by atoms with Gasteiger partial charge >= 0.3 is 0 Å². The van der Waals surface area contributed by atoms with Crippen molar-refractivity contribution >= 4 is 11.3 Å². The smallest absolute Gasteiger partial charge is 0.0785 e. The summed E-state index contributed by atoms with van der Waals surface area (Å²) in [5.74, 6) is 0. The Morgan fingerprint density at radius 2 is 2.50 bits per heavy atom. The van der Waals surface area contributed by atoms with Gasteiger partial charge in [0.1, 0.15) is 0 Å². The molecule has 1 rings (SSSR count). The molecule has 3 nitrogen and oxygen atoms in total. The van der Waals surface area contributed by atoms with Crippen molar-refractivity contribution in [2.24, 2.45) is 0 Å². The van der Waals surface area contributed by atoms with Gasteiger partial charge in [-0.15, -0.1) is 11.3 Å². The fourth-order valence-corrected chi connectivity index (χ4v) is 1.84. The summed E-state index contributed by atoms with van der Waals surface area (Å²) in [6, 6.07) is 4.14. The summed E-state index contributed by atoms with van der Waals surface area (Å²) in [5, 5.41) is 14.7. The molecular weight excluding hydrogens is 198 g/mol. The van der Waals surface area contributed by atoms with Crippen LogP contribution in [0.15, 0.2) is 17.5 Å². The van der Waals surface area contributed by atoms with Crippen molar-refractivity contribution in [3.8, 4) is 0 Å². The number of ether oxygens (including phenoxy) is 1. The Balaban J connectivity index is 1.99. The second kappa shape index (κ2) is 6.95. The fourth-order valence-electron chi connectivity index (χ4n) is 1.17. The molecule has 0 amide bonds. The SMILES string of the molecule is COCC(O)CCNCc1cccs1. The largest absolute Gasteiger partial charge is 0.391 e. The molecule has 0 spiro atoms. The lowest BCUT2D eigenvalue weighted by Crippen LogP contribution is -2.22. The summed E-state index contributed by atoms with van der Waals surface area (Å²) in [6.07, 6.45) is 0.384. The highest BCUT2D eigenvalue weighted by atomic mass is 32.1. The summed E-state index contributed by atoms with van der Waals surface area (Å²) in [7, 11) is 1.60. The summed E-state index contributed by atoms with van der Waals surface area (Å²) in [4.78, 5) is 1.33. The first-order valence-electron chi connectivity index (χ1n) is 4.73. The van der Waals surface area contributed by atoms with Gasteiger partial charge in [-0.25, -0.2) is 0 Å². The quantitative estimate of drug-likeness (QED) is 0.672. The number of aliphatic hydroxyl groups excluding tert-OH is 1. The first kappa shape index (κ1) is 11.7. The van der Waals surface area contributed by atoms with Crippen molar-refractivity contribution in [2.75, 3.05) is 20.3 Å². The van der Waals surface area contributed by atoms with Crippen LogP contribution >= 0.6 is 11.3 Å². The molecule has 1 atom stereocenters. The van der Waals surface area contributed by atoms with Crippen LogP contribution in [0.4, 0.5) is 0 Å². The normalized spacial score (nSPS) is 13.0. The predicted octanol–water partition coefficient (Wildman–Crippen LogP) is 1.24. The minimum Gasteiger partial charge on any atom is -0.391 e. The number of rotatable bonds is 7. The standard InChI is InChI=1S/C10H17NO2S/c1-13-8-9(12)4-5-11-7-10-3-2-6-14-10/h2-3,6,9,11-12H,4-5,7-8H2,1H3. The minimum absolute atomic E-state index is 0.351. The third-order valence-electron chi connectivity index (χ3n) is 1.89. The second-order valence-corrected chi connectivity index (χ2v) is 4.19. The van der Waals surface area contributed by atoms with Gasteiger partial charge in [-0.2, -0.15) is 0 Å². The fraction of sp³-hybridized carbons (Fsp3) is 0.600. The highest BCUT2D eigenvalue weighted by Gasteiger charge is 2.01. The molecule has 0 aromatic carbocycles. The zero-order valence-electron chi connectivity index (χ0n) is 8.40. The van der Waals surface area contributed by atoms with Gasteiger partial charge in [-0.1, -0.05) is 6.07 Å². The lowest BCUT2D eigenvalue weighted by Gasteiger charge is -2.09. The van der Waals surface area contributed by atoms with Gasteiger partial charge < -0.3 is 15.2 Å². The number of nitrogens with one attached hydrogen (secondary N) is 1. The van der Waals surface area contributed by atoms with Gasteiger partial charge in [0, 0.05) is 18.5 Å². The van der Waals surface area contributed by atoms with Gasteiger partial charge in [0.25, 0.3) is 0 Å². The molecule has 1 aromatic heterocycles. The first-order chi connectivity index (χ1) is 6.83. The van der Waals surface area contributed by atoms with Crippen molar-refractivity contribution in [1.82, 2.24) is 5.32 Å². The Bertz CT molecular complexity index is 226. The molecule has 0 saturated carbocycles. The molecule has 2 N–H and O–H groups in total. The van der Waals surface area contributed by atoms with E-state index in [0.717, 1.165) is 19.5 Å². The van der Waals surface area contributed by atoms with E-state index in [9.17, 15) is 5.11 Å². The van der Waals surface area contributed by atoms with Crippen LogP contribution in [0.1, 0.15) is 11.3 Å². The lowest BCUT2D eigenvalue weighted by molar-refractivity contribution is 0.0594. The van der Waals surface area contributed by atoms with Crippen LogP contribution in [0.3, 0.4) is 0 Å². The topological polar surface area (TPSA) is 41.5 Å². The molecule has 0 saturated heterocycles. The Kier molecular flexibility index (Phi) is 5.78. The van der Waals surface area contributed by atoms with E-state index in [-0.39, 0.29) is 6.10 Å². The molecule has 1 heterocycles. The third kappa shape index (κ3) is 4.72. The van der Waals surface area contributed by atoms with E-state index in [1.165, 1.54) is 4.88 Å². The predicted molar refractivity (Wildman–Crippen MR) is 58.5 cm³/mol. The van der Waals surface area contributed by atoms with Crippen molar-refractivity contribution in [3.63, 3.8) is 0 Å². The van der Waals surface area contributed by atoms with Crippen LogP contribution in [-0.2, 0) is 11.3 Å². The van der Waals surface area contributed by atoms with Crippen LogP contribution in [0.5, 0.6) is 0 Å². The Hall–Kier alpha value is -0.420. The summed E-state index contributed by atoms with van der Waals surface area (Å²) < 4.78 is 4.83. The molecule has 14 heavy (non-hydrogen) atoms. The summed E-state index contributed by atoms with van der Waals surface area (Å²) >= 11 is 1.74. The lowest BCUT2D eigenvalue weighted by atomic mass is 10.2. The Labute approximate surface area is 88.7 Å². The van der Waals surface area contributed by atoms with E-state index < -0.39 is 0 Å². The average Bonchev–Trinajstić information content (AvgIpc) is 2.65. The van der Waals surface area contributed by atoms with E-state index in [1.54, 1.807) is 18.4 Å². The highest BCUT2D eigenvalue weighted by molar-refractivity contribution is 7.09. The van der Waals surface area contributed by atoms with E-state index in [4.69, 9.17) is 4.74 Å². The number of aliphatic hydroxyl groups is 1. The molecule has 0 radical (unpaired) electrons. The zero-order valence-corrected chi connectivity index (χ0v) is 9.22. The molecule has 1 unspecified atom stereocenters. The van der Waals surface area contributed by atoms with Gasteiger partial charge in [0.2, 0.25) is 0 Å². The molecule has 80 valence electrons. The number of hydrogen-bond donors (Lipinski definition) is 2. The molecule has 1 aromatic rings. The number of methoxy groups -OCH3 is 1. The van der Waals surface area contributed by atoms with E-state index in [2.05, 4.69) is 16.8 Å². The average molecular weight is 215 g/mol. The van der Waals surface area contributed by atoms with Crippen LogP contribution in [0.2, 0.25) is 0 Å². The van der Waals surface area contributed by atoms with Crippen molar-refractivity contribution in [3.05, 3.63) is 22.4 Å². The summed E-state index contributed by atoms with van der Waals surface area (Å²) in [5.41, 5.74) is 0. The zero-order chi connectivity index (χ0) is 10.2. The maximum Gasteiger partial charge on any atom is 0.0785 e. The Morgan fingerprint density at radius 1 is 1.64 bits per heavy atom. The van der Waals surface area contributed by atoms with Crippen LogP contribution < -0.4 is 5.32 Å². The van der Waals surface area contributed by atoms with Gasteiger partial charge in [0.05, 0.1) is 12.7 Å². The molecule has 0 aliphatic rings. The van der Waals surface area contributed by atoms with Crippen LogP contribution in [0.25, 0.3) is 0 Å². The molecule has 0 aliphatic heterocycles. The summed E-state index contributed by atoms with van der Waals surface area (Å²) in [6.45, 7) is 2.13. The first-order valence-corrected chi connectivity index (χ1v) is 5.61. The molecule has 0 bridgehead atoms. The highest BCUT2D eigenvalue weighted by Crippen LogP contribution is 2.07. The van der Waals surface area contributed by atoms with Gasteiger partial charge in [0.15, 0.2) is 0 Å². The maximum absolute atomic E-state index is 9.34. The Morgan fingerprint density at radius 3 is 3.14 bits per heavy atom. The maximum atomic E-state index is 9.34. The van der Waals surface area contributed by atoms with Crippen molar-refractivity contribution < 1.29 is 9.84 Å². The molecular formula is C10H17NO2S. The van der Waals surface area contributed by atoms with E-state index >= 15 is 0 Å². The number of thiophene rings is 1. The van der Waals surface area contributed by atoms with Gasteiger partial charge in [-0.3, -0.25) is 0 Å². The van der Waals surface area contributed by atoms with Crippen LogP contribution in [-0.4, -0.2) is 31.5 Å².